The highest BCUT2D eigenvalue weighted by atomic mass is 19.2. The van der Waals surface area contributed by atoms with E-state index in [4.69, 9.17) is 0 Å². The third-order valence-corrected chi connectivity index (χ3v) is 2.94. The zero-order valence-corrected chi connectivity index (χ0v) is 10.8. The zero-order valence-electron chi connectivity index (χ0n) is 10.8. The molecule has 1 atom stereocenters. The second-order valence-corrected chi connectivity index (χ2v) is 4.26. The molecule has 3 nitrogen and oxygen atoms in total. The van der Waals surface area contributed by atoms with Crippen LogP contribution in [-0.4, -0.2) is 16.5 Å². The Balaban J connectivity index is 2.49. The molecule has 1 aromatic carbocycles. The number of hydrogen-bond donors (Lipinski definition) is 1. The molecule has 1 unspecified atom stereocenters. The molecule has 2 aromatic rings. The quantitative estimate of drug-likeness (QED) is 0.921. The molecule has 0 saturated heterocycles. The molecule has 0 spiro atoms. The number of benzene rings is 1. The van der Waals surface area contributed by atoms with E-state index in [9.17, 15) is 8.78 Å². The van der Waals surface area contributed by atoms with Gasteiger partial charge in [-0.25, -0.2) is 18.7 Å². The SMILES string of the molecule is CCNC(c1cncnc1)c1ccc(C)c(F)c1F. The first-order valence-corrected chi connectivity index (χ1v) is 6.08. The summed E-state index contributed by atoms with van der Waals surface area (Å²) in [5, 5.41) is 3.12. The average Bonchev–Trinajstić information content (AvgIpc) is 2.44. The molecule has 0 fully saturated rings. The summed E-state index contributed by atoms with van der Waals surface area (Å²) in [6, 6.07) is 2.71. The zero-order chi connectivity index (χ0) is 13.8. The predicted molar refractivity (Wildman–Crippen MR) is 68.6 cm³/mol. The topological polar surface area (TPSA) is 37.8 Å². The molecule has 2 rings (SSSR count). The van der Waals surface area contributed by atoms with Crippen LogP contribution in [0.5, 0.6) is 0 Å². The largest absolute Gasteiger partial charge is 0.306 e. The smallest absolute Gasteiger partial charge is 0.164 e. The monoisotopic (exact) mass is 263 g/mol. The lowest BCUT2D eigenvalue weighted by molar-refractivity contribution is 0.478. The van der Waals surface area contributed by atoms with Crippen LogP contribution in [0, 0.1) is 18.6 Å². The third kappa shape index (κ3) is 2.76. The van der Waals surface area contributed by atoms with Gasteiger partial charge in [0.25, 0.3) is 0 Å². The fraction of sp³-hybridized carbons (Fsp3) is 0.286. The molecule has 0 saturated carbocycles. The lowest BCUT2D eigenvalue weighted by atomic mass is 9.99. The fourth-order valence-electron chi connectivity index (χ4n) is 1.96. The van der Waals surface area contributed by atoms with Gasteiger partial charge >= 0.3 is 0 Å². The van der Waals surface area contributed by atoms with Crippen LogP contribution in [-0.2, 0) is 0 Å². The predicted octanol–water partition coefficient (Wildman–Crippen LogP) is 2.76. The lowest BCUT2D eigenvalue weighted by Crippen LogP contribution is -2.23. The number of aryl methyl sites for hydroxylation is 1. The number of nitrogens with one attached hydrogen (secondary N) is 1. The Morgan fingerprint density at radius 3 is 2.47 bits per heavy atom. The normalized spacial score (nSPS) is 12.4. The number of rotatable bonds is 4. The van der Waals surface area contributed by atoms with E-state index in [-0.39, 0.29) is 5.56 Å². The minimum absolute atomic E-state index is 0.264. The van der Waals surface area contributed by atoms with Gasteiger partial charge in [0.15, 0.2) is 11.6 Å². The Hall–Kier alpha value is -1.88. The molecule has 0 amide bonds. The van der Waals surface area contributed by atoms with Gasteiger partial charge in [-0.1, -0.05) is 19.1 Å². The molecule has 0 aliphatic carbocycles. The fourth-order valence-corrected chi connectivity index (χ4v) is 1.96. The van der Waals surface area contributed by atoms with E-state index in [2.05, 4.69) is 15.3 Å². The Morgan fingerprint density at radius 1 is 1.16 bits per heavy atom. The molecule has 0 bridgehead atoms. The summed E-state index contributed by atoms with van der Waals surface area (Å²) in [5.74, 6) is -1.63. The molecule has 100 valence electrons. The molecule has 1 heterocycles. The molecule has 0 radical (unpaired) electrons. The van der Waals surface area contributed by atoms with Crippen LogP contribution in [0.2, 0.25) is 0 Å². The van der Waals surface area contributed by atoms with E-state index in [0.717, 1.165) is 0 Å². The van der Waals surface area contributed by atoms with E-state index < -0.39 is 17.7 Å². The highest BCUT2D eigenvalue weighted by Crippen LogP contribution is 2.26. The van der Waals surface area contributed by atoms with Crippen molar-refractivity contribution in [2.24, 2.45) is 0 Å². The highest BCUT2D eigenvalue weighted by molar-refractivity contribution is 5.33. The van der Waals surface area contributed by atoms with E-state index in [1.54, 1.807) is 24.5 Å². The van der Waals surface area contributed by atoms with Gasteiger partial charge in [0.2, 0.25) is 0 Å². The lowest BCUT2D eigenvalue weighted by Gasteiger charge is -2.19. The third-order valence-electron chi connectivity index (χ3n) is 2.94. The van der Waals surface area contributed by atoms with E-state index >= 15 is 0 Å². The first-order chi connectivity index (χ1) is 9.15. The first kappa shape index (κ1) is 13.5. The molecular weight excluding hydrogens is 248 g/mol. The van der Waals surface area contributed by atoms with Crippen LogP contribution < -0.4 is 5.32 Å². The molecule has 19 heavy (non-hydrogen) atoms. The number of hydrogen-bond acceptors (Lipinski definition) is 3. The maximum atomic E-state index is 14.1. The van der Waals surface area contributed by atoms with Crippen molar-refractivity contribution in [2.75, 3.05) is 6.54 Å². The molecule has 1 aromatic heterocycles. The summed E-state index contributed by atoms with van der Waals surface area (Å²) in [4.78, 5) is 7.83. The maximum Gasteiger partial charge on any atom is 0.164 e. The van der Waals surface area contributed by atoms with Crippen molar-refractivity contribution >= 4 is 0 Å². The van der Waals surface area contributed by atoms with Crippen LogP contribution in [0.15, 0.2) is 30.9 Å². The van der Waals surface area contributed by atoms with E-state index in [1.807, 2.05) is 6.92 Å². The van der Waals surface area contributed by atoms with Gasteiger partial charge in [0.05, 0.1) is 6.04 Å². The van der Waals surface area contributed by atoms with Gasteiger partial charge in [-0.05, 0) is 19.0 Å². The van der Waals surface area contributed by atoms with Crippen LogP contribution in [0.4, 0.5) is 8.78 Å². The summed E-state index contributed by atoms with van der Waals surface area (Å²) in [6.07, 6.45) is 4.59. The Kier molecular flexibility index (Phi) is 4.16. The van der Waals surface area contributed by atoms with Gasteiger partial charge in [-0.3, -0.25) is 0 Å². The summed E-state index contributed by atoms with van der Waals surface area (Å²) >= 11 is 0. The van der Waals surface area contributed by atoms with E-state index in [1.165, 1.54) is 13.3 Å². The Morgan fingerprint density at radius 2 is 1.84 bits per heavy atom. The molecule has 1 N–H and O–H groups in total. The molecule has 5 heteroatoms. The van der Waals surface area contributed by atoms with Crippen LogP contribution in [0.1, 0.15) is 29.7 Å². The number of aromatic nitrogens is 2. The van der Waals surface area contributed by atoms with Crippen molar-refractivity contribution in [1.29, 1.82) is 0 Å². The molecule has 0 aliphatic heterocycles. The second-order valence-electron chi connectivity index (χ2n) is 4.26. The second kappa shape index (κ2) is 5.84. The van der Waals surface area contributed by atoms with Crippen molar-refractivity contribution in [3.63, 3.8) is 0 Å². The van der Waals surface area contributed by atoms with Crippen molar-refractivity contribution in [1.82, 2.24) is 15.3 Å². The van der Waals surface area contributed by atoms with Gasteiger partial charge in [0.1, 0.15) is 6.33 Å². The maximum absolute atomic E-state index is 14.1. The summed E-state index contributed by atoms with van der Waals surface area (Å²) < 4.78 is 27.7. The van der Waals surface area contributed by atoms with Crippen LogP contribution in [0.3, 0.4) is 0 Å². The molecule has 0 aliphatic rings. The van der Waals surface area contributed by atoms with Gasteiger partial charge < -0.3 is 5.32 Å². The summed E-state index contributed by atoms with van der Waals surface area (Å²) in [6.45, 7) is 4.06. The van der Waals surface area contributed by atoms with Crippen molar-refractivity contribution in [3.05, 3.63) is 59.2 Å². The Bertz CT molecular complexity index is 558. The van der Waals surface area contributed by atoms with Crippen molar-refractivity contribution in [2.45, 2.75) is 19.9 Å². The highest BCUT2D eigenvalue weighted by Gasteiger charge is 2.20. The summed E-state index contributed by atoms with van der Waals surface area (Å²) in [7, 11) is 0. The minimum atomic E-state index is -0.824. The van der Waals surface area contributed by atoms with Crippen LogP contribution in [0.25, 0.3) is 0 Å². The molecular formula is C14H15F2N3. The minimum Gasteiger partial charge on any atom is -0.306 e. The van der Waals surface area contributed by atoms with Crippen molar-refractivity contribution < 1.29 is 8.78 Å². The summed E-state index contributed by atoms with van der Waals surface area (Å²) in [5.41, 5.74) is 1.26. The van der Waals surface area contributed by atoms with Gasteiger partial charge in [-0.15, -0.1) is 0 Å². The standard InChI is InChI=1S/C14H15F2N3/c1-3-19-14(10-6-17-8-18-7-10)11-5-4-9(2)12(15)13(11)16/h4-8,14,19H,3H2,1-2H3. The average molecular weight is 263 g/mol. The van der Waals surface area contributed by atoms with Gasteiger partial charge in [-0.2, -0.15) is 0 Å². The van der Waals surface area contributed by atoms with E-state index in [0.29, 0.717) is 17.7 Å². The van der Waals surface area contributed by atoms with Crippen molar-refractivity contribution in [3.8, 4) is 0 Å². The first-order valence-electron chi connectivity index (χ1n) is 6.08. The number of halogens is 2. The van der Waals surface area contributed by atoms with Crippen LogP contribution >= 0.6 is 0 Å². The Labute approximate surface area is 110 Å². The van der Waals surface area contributed by atoms with Gasteiger partial charge in [0, 0.05) is 23.5 Å². The number of nitrogens with zero attached hydrogens (tertiary/aromatic N) is 2.